The maximum atomic E-state index is 13.4. The minimum absolute atomic E-state index is 0.0166. The molecule has 11 nitrogen and oxygen atoms in total. The van der Waals surface area contributed by atoms with Crippen molar-refractivity contribution in [1.82, 2.24) is 19.3 Å². The highest BCUT2D eigenvalue weighted by atomic mass is 32.2. The van der Waals surface area contributed by atoms with Crippen LogP contribution in [0.2, 0.25) is 0 Å². The van der Waals surface area contributed by atoms with Gasteiger partial charge in [0.05, 0.1) is 4.90 Å². The lowest BCUT2D eigenvalue weighted by molar-refractivity contribution is -0.130. The van der Waals surface area contributed by atoms with E-state index in [1.807, 2.05) is 18.2 Å². The van der Waals surface area contributed by atoms with Gasteiger partial charge >= 0.3 is 5.69 Å². The average Bonchev–Trinajstić information content (AvgIpc) is 2.84. The zero-order chi connectivity index (χ0) is 25.6. The molecular formula is C23H26N4O7S. The molecule has 0 fully saturated rings. The number of aromatic amines is 1. The highest BCUT2D eigenvalue weighted by Gasteiger charge is 2.33. The molecule has 1 heterocycles. The van der Waals surface area contributed by atoms with Crippen LogP contribution in [-0.4, -0.2) is 46.5 Å². The van der Waals surface area contributed by atoms with Gasteiger partial charge in [0.15, 0.2) is 0 Å². The summed E-state index contributed by atoms with van der Waals surface area (Å²) in [7, 11) is -2.74. The number of carbonyl (C=O) groups is 1. The van der Waals surface area contributed by atoms with Crippen molar-refractivity contribution < 1.29 is 23.2 Å². The first-order chi connectivity index (χ1) is 16.6. The SMILES string of the molecule is CC(Cn1ccc(=O)[nH]c1=O)C(CC(=O)NO)N(C)S(=O)(=O)c1ccc(Oc2ccccc2)cc1. The van der Waals surface area contributed by atoms with Gasteiger partial charge in [0.25, 0.3) is 5.56 Å². The predicted molar refractivity (Wildman–Crippen MR) is 127 cm³/mol. The number of ether oxygens (including phenoxy) is 1. The van der Waals surface area contributed by atoms with Crippen molar-refractivity contribution in [1.29, 1.82) is 0 Å². The first-order valence-corrected chi connectivity index (χ1v) is 12.1. The number of carbonyl (C=O) groups excluding carboxylic acids is 1. The molecule has 3 N–H and O–H groups in total. The molecule has 35 heavy (non-hydrogen) atoms. The molecule has 2 unspecified atom stereocenters. The molecule has 3 rings (SSSR count). The second-order valence-electron chi connectivity index (χ2n) is 7.95. The summed E-state index contributed by atoms with van der Waals surface area (Å²) in [4.78, 5) is 37.5. The van der Waals surface area contributed by atoms with Gasteiger partial charge in [-0.1, -0.05) is 25.1 Å². The third kappa shape index (κ3) is 6.44. The van der Waals surface area contributed by atoms with Crippen LogP contribution in [0, 0.1) is 5.92 Å². The third-order valence-corrected chi connectivity index (χ3v) is 7.40. The Morgan fingerprint density at radius 1 is 1.09 bits per heavy atom. The number of para-hydroxylation sites is 1. The topological polar surface area (TPSA) is 151 Å². The smallest absolute Gasteiger partial charge is 0.328 e. The number of benzene rings is 2. The first kappa shape index (κ1) is 25.9. The van der Waals surface area contributed by atoms with Gasteiger partial charge in [-0.3, -0.25) is 19.8 Å². The van der Waals surface area contributed by atoms with Crippen LogP contribution in [0.15, 0.2) is 81.3 Å². The van der Waals surface area contributed by atoms with E-state index in [2.05, 4.69) is 4.98 Å². The van der Waals surface area contributed by atoms with Gasteiger partial charge in [0.2, 0.25) is 15.9 Å². The summed E-state index contributed by atoms with van der Waals surface area (Å²) in [6.45, 7) is 1.68. The molecule has 0 aliphatic rings. The Labute approximate surface area is 201 Å². The van der Waals surface area contributed by atoms with Crippen LogP contribution in [0.25, 0.3) is 0 Å². The zero-order valence-corrected chi connectivity index (χ0v) is 19.9. The Bertz CT molecular complexity index is 1370. The molecular weight excluding hydrogens is 476 g/mol. The molecule has 0 aliphatic carbocycles. The van der Waals surface area contributed by atoms with E-state index < -0.39 is 39.1 Å². The lowest BCUT2D eigenvalue weighted by Crippen LogP contribution is -2.45. The summed E-state index contributed by atoms with van der Waals surface area (Å²) >= 11 is 0. The van der Waals surface area contributed by atoms with Gasteiger partial charge in [0, 0.05) is 38.3 Å². The van der Waals surface area contributed by atoms with Crippen LogP contribution in [0.4, 0.5) is 0 Å². The summed E-state index contributed by atoms with van der Waals surface area (Å²) in [6, 6.07) is 15.1. The minimum atomic E-state index is -4.06. The van der Waals surface area contributed by atoms with Crippen molar-refractivity contribution in [2.24, 2.45) is 5.92 Å². The molecule has 0 spiro atoms. The van der Waals surface area contributed by atoms with Crippen LogP contribution in [-0.2, 0) is 21.4 Å². The fraction of sp³-hybridized carbons (Fsp3) is 0.261. The van der Waals surface area contributed by atoms with Gasteiger partial charge < -0.3 is 9.30 Å². The highest BCUT2D eigenvalue weighted by molar-refractivity contribution is 7.89. The van der Waals surface area contributed by atoms with E-state index in [0.29, 0.717) is 11.5 Å². The maximum absolute atomic E-state index is 13.4. The predicted octanol–water partition coefficient (Wildman–Crippen LogP) is 1.55. The molecule has 0 bridgehead atoms. The van der Waals surface area contributed by atoms with Gasteiger partial charge in [-0.15, -0.1) is 0 Å². The number of hydrogen-bond donors (Lipinski definition) is 3. The molecule has 0 aliphatic heterocycles. The summed E-state index contributed by atoms with van der Waals surface area (Å²) < 4.78 is 34.7. The third-order valence-electron chi connectivity index (χ3n) is 5.50. The number of H-pyrrole nitrogens is 1. The Morgan fingerprint density at radius 3 is 2.31 bits per heavy atom. The number of hydroxylamine groups is 1. The van der Waals surface area contributed by atoms with Crippen LogP contribution >= 0.6 is 0 Å². The van der Waals surface area contributed by atoms with Crippen molar-refractivity contribution in [3.05, 3.63) is 87.7 Å². The van der Waals surface area contributed by atoms with E-state index in [4.69, 9.17) is 9.94 Å². The van der Waals surface area contributed by atoms with Gasteiger partial charge in [-0.2, -0.15) is 4.31 Å². The molecule has 1 amide bonds. The number of nitrogens with one attached hydrogen (secondary N) is 2. The normalized spacial score (nSPS) is 13.3. The average molecular weight is 503 g/mol. The van der Waals surface area contributed by atoms with Crippen LogP contribution in [0.3, 0.4) is 0 Å². The van der Waals surface area contributed by atoms with Crippen LogP contribution in [0.1, 0.15) is 13.3 Å². The summed E-state index contributed by atoms with van der Waals surface area (Å²) in [6.07, 6.45) is 0.932. The molecule has 0 saturated carbocycles. The quantitative estimate of drug-likeness (QED) is 0.281. The maximum Gasteiger partial charge on any atom is 0.328 e. The number of aromatic nitrogens is 2. The molecule has 0 radical (unpaired) electrons. The molecule has 1 aromatic heterocycles. The fourth-order valence-corrected chi connectivity index (χ4v) is 5.04. The molecule has 3 aromatic rings. The summed E-state index contributed by atoms with van der Waals surface area (Å²) in [5.41, 5.74) is 0.298. The largest absolute Gasteiger partial charge is 0.457 e. The zero-order valence-electron chi connectivity index (χ0n) is 19.1. The second kappa shape index (κ2) is 11.1. The fourth-order valence-electron chi connectivity index (χ4n) is 3.59. The second-order valence-corrected chi connectivity index (χ2v) is 9.95. The molecule has 2 atom stereocenters. The number of hydrogen-bond acceptors (Lipinski definition) is 7. The van der Waals surface area contributed by atoms with Crippen LogP contribution in [0.5, 0.6) is 11.5 Å². The molecule has 12 heteroatoms. The van der Waals surface area contributed by atoms with Gasteiger partial charge in [-0.25, -0.2) is 18.7 Å². The lowest BCUT2D eigenvalue weighted by atomic mass is 9.98. The van der Waals surface area contributed by atoms with Crippen molar-refractivity contribution in [3.8, 4) is 11.5 Å². The van der Waals surface area contributed by atoms with Crippen molar-refractivity contribution in [2.75, 3.05) is 7.05 Å². The molecule has 186 valence electrons. The Hall–Kier alpha value is -3.74. The number of rotatable bonds is 10. The molecule has 2 aromatic carbocycles. The van der Waals surface area contributed by atoms with Crippen molar-refractivity contribution in [2.45, 2.75) is 30.8 Å². The Kier molecular flexibility index (Phi) is 8.22. The monoisotopic (exact) mass is 502 g/mol. The summed E-state index contributed by atoms with van der Waals surface area (Å²) in [5.74, 6) is -0.304. The van der Waals surface area contributed by atoms with E-state index in [1.54, 1.807) is 19.1 Å². The number of nitrogens with zero attached hydrogens (tertiary/aromatic N) is 2. The van der Waals surface area contributed by atoms with Crippen molar-refractivity contribution in [3.63, 3.8) is 0 Å². The number of amides is 1. The highest BCUT2D eigenvalue weighted by Crippen LogP contribution is 2.26. The van der Waals surface area contributed by atoms with Gasteiger partial charge in [0.1, 0.15) is 11.5 Å². The Balaban J connectivity index is 1.84. The first-order valence-electron chi connectivity index (χ1n) is 10.7. The van der Waals surface area contributed by atoms with Gasteiger partial charge in [-0.05, 0) is 42.3 Å². The van der Waals surface area contributed by atoms with E-state index in [9.17, 15) is 22.8 Å². The lowest BCUT2D eigenvalue weighted by Gasteiger charge is -2.32. The Morgan fingerprint density at radius 2 is 1.71 bits per heavy atom. The number of sulfonamides is 1. The van der Waals surface area contributed by atoms with E-state index in [-0.39, 0.29) is 17.9 Å². The van der Waals surface area contributed by atoms with E-state index >= 15 is 0 Å². The van der Waals surface area contributed by atoms with Crippen molar-refractivity contribution >= 4 is 15.9 Å². The summed E-state index contributed by atoms with van der Waals surface area (Å²) in [5, 5.41) is 9.01. The van der Waals surface area contributed by atoms with E-state index in [0.717, 1.165) is 4.31 Å². The minimum Gasteiger partial charge on any atom is -0.457 e. The molecule has 0 saturated heterocycles. The van der Waals surface area contributed by atoms with Crippen LogP contribution < -0.4 is 21.5 Å². The van der Waals surface area contributed by atoms with E-state index in [1.165, 1.54) is 53.6 Å². The standard InChI is InChI=1S/C23H26N4O7S/c1-16(15-27-13-12-21(28)24-23(27)30)20(14-22(29)25-31)26(2)35(32,33)19-10-8-18(9-11-19)34-17-6-4-3-5-7-17/h3-13,16,20,31H,14-15H2,1-2H3,(H,25,29)(H,24,28,30).